The van der Waals surface area contributed by atoms with E-state index in [4.69, 9.17) is 28.5 Å². The lowest BCUT2D eigenvalue weighted by molar-refractivity contribution is -0.224. The third kappa shape index (κ3) is 9.42. The Hall–Kier alpha value is -2.87. The molecule has 7 aliphatic rings. The second-order valence-electron chi connectivity index (χ2n) is 22.1. The number of hydrogen-bond donors (Lipinski definition) is 2. The average Bonchev–Trinajstić information content (AvgIpc) is 3.50. The van der Waals surface area contributed by atoms with Crippen LogP contribution < -0.4 is 5.32 Å². The molecule has 350 valence electrons. The number of nitrogens with one attached hydrogen (secondary N) is 1. The van der Waals surface area contributed by atoms with Crippen LogP contribution in [0.1, 0.15) is 169 Å². The first kappa shape index (κ1) is 46.7. The molecule has 2 N–H and O–H groups in total. The molecule has 12 heteroatoms. The largest absolute Gasteiger partial charge is 0.460 e. The van der Waals surface area contributed by atoms with Crippen molar-refractivity contribution in [3.05, 3.63) is 41.0 Å². The molecule has 0 aromatic heterocycles. The van der Waals surface area contributed by atoms with Crippen LogP contribution in [-0.4, -0.2) is 94.2 Å². The van der Waals surface area contributed by atoms with E-state index in [2.05, 4.69) is 64.2 Å². The van der Waals surface area contributed by atoms with E-state index in [0.717, 1.165) is 68.9 Å². The number of benzene rings is 1. The first-order valence-corrected chi connectivity index (χ1v) is 24.5. The van der Waals surface area contributed by atoms with Crippen molar-refractivity contribution in [2.24, 2.45) is 22.7 Å². The number of aliphatic hydroxyl groups is 1. The van der Waals surface area contributed by atoms with Crippen LogP contribution in [0.3, 0.4) is 0 Å². The van der Waals surface area contributed by atoms with Gasteiger partial charge < -0.3 is 34.1 Å². The second-order valence-corrected chi connectivity index (χ2v) is 22.1. The molecule has 0 radical (unpaired) electrons. The van der Waals surface area contributed by atoms with Gasteiger partial charge in [0.2, 0.25) is 5.91 Å². The van der Waals surface area contributed by atoms with Gasteiger partial charge in [0.05, 0.1) is 30.9 Å². The maximum atomic E-state index is 15.1. The van der Waals surface area contributed by atoms with Gasteiger partial charge in [0.1, 0.15) is 35.4 Å². The van der Waals surface area contributed by atoms with Gasteiger partial charge >= 0.3 is 11.9 Å². The SMILES string of the molecule is CCCCCC1(CCCCC)OC2C3CC4(C(=O)NC(CO)CCC(=O)OC(C)(C)C)C(ON(Cc5cccc(C=C6CCC7OC7(C)CCC7C6CC7(C)C)c5)C4C(=O)O3)C2O1. The number of allylic oxidation sites excluding steroid dienone is 1. The summed E-state index contributed by atoms with van der Waals surface area (Å²) in [6.07, 6.45) is 13.2. The Kier molecular flexibility index (Phi) is 13.4. The van der Waals surface area contributed by atoms with Gasteiger partial charge in [-0.2, -0.15) is 5.06 Å². The highest BCUT2D eigenvalue weighted by Gasteiger charge is 2.76. The highest BCUT2D eigenvalue weighted by atomic mass is 16.8. The summed E-state index contributed by atoms with van der Waals surface area (Å²) in [7, 11) is 0. The quantitative estimate of drug-likeness (QED) is 0.0883. The topological polar surface area (TPSA) is 145 Å². The number of aliphatic hydroxyl groups excluding tert-OH is 1. The number of amides is 1. The van der Waals surface area contributed by atoms with E-state index in [-0.39, 0.29) is 31.4 Å². The summed E-state index contributed by atoms with van der Waals surface area (Å²) in [5, 5.41) is 15.2. The van der Waals surface area contributed by atoms with Crippen molar-refractivity contribution in [1.29, 1.82) is 0 Å². The van der Waals surface area contributed by atoms with Gasteiger partial charge in [-0.05, 0) is 107 Å². The molecule has 0 spiro atoms. The summed E-state index contributed by atoms with van der Waals surface area (Å²) in [6, 6.07) is 6.59. The summed E-state index contributed by atoms with van der Waals surface area (Å²) in [5.41, 5.74) is 1.80. The maximum Gasteiger partial charge on any atom is 0.327 e. The van der Waals surface area contributed by atoms with Crippen LogP contribution in [0.2, 0.25) is 0 Å². The van der Waals surface area contributed by atoms with Crippen molar-refractivity contribution in [3.8, 4) is 0 Å². The number of epoxide rings is 1. The number of unbranched alkanes of at least 4 members (excludes halogenated alkanes) is 4. The number of esters is 2. The molecule has 3 aliphatic carbocycles. The molecule has 3 saturated carbocycles. The summed E-state index contributed by atoms with van der Waals surface area (Å²) >= 11 is 0. The van der Waals surface area contributed by atoms with Gasteiger partial charge in [0, 0.05) is 25.7 Å². The van der Waals surface area contributed by atoms with E-state index in [1.807, 2.05) is 6.07 Å². The number of hydroxylamine groups is 2. The molecule has 11 atom stereocenters. The molecule has 4 aliphatic heterocycles. The lowest BCUT2D eigenvalue weighted by atomic mass is 9.52. The zero-order valence-corrected chi connectivity index (χ0v) is 39.4. The van der Waals surface area contributed by atoms with Crippen LogP contribution in [0.5, 0.6) is 0 Å². The highest BCUT2D eigenvalue weighted by Crippen LogP contribution is 2.61. The summed E-state index contributed by atoms with van der Waals surface area (Å²) in [5.74, 6) is -1.07. The molecular formula is C51H76N2O10. The third-order valence-corrected chi connectivity index (χ3v) is 15.7. The van der Waals surface area contributed by atoms with Crippen LogP contribution in [-0.2, 0) is 49.5 Å². The van der Waals surface area contributed by atoms with Crippen LogP contribution in [0.25, 0.3) is 6.08 Å². The monoisotopic (exact) mass is 877 g/mol. The Morgan fingerprint density at radius 3 is 2.41 bits per heavy atom. The molecule has 7 fully saturated rings. The number of nitrogens with zero attached hydrogens (tertiary/aromatic N) is 1. The first-order chi connectivity index (χ1) is 29.9. The smallest absolute Gasteiger partial charge is 0.327 e. The number of carbonyl (C=O) groups excluding carboxylic acids is 3. The lowest BCUT2D eigenvalue weighted by Crippen LogP contribution is -2.70. The molecule has 4 saturated heterocycles. The molecule has 8 rings (SSSR count). The van der Waals surface area contributed by atoms with Gasteiger partial charge in [-0.15, -0.1) is 0 Å². The second kappa shape index (κ2) is 18.1. The van der Waals surface area contributed by atoms with Gasteiger partial charge in [-0.25, -0.2) is 0 Å². The summed E-state index contributed by atoms with van der Waals surface area (Å²) in [4.78, 5) is 49.2. The van der Waals surface area contributed by atoms with E-state index < -0.39 is 77.8 Å². The van der Waals surface area contributed by atoms with E-state index in [1.165, 1.54) is 18.4 Å². The van der Waals surface area contributed by atoms with Gasteiger partial charge in [-0.3, -0.25) is 19.2 Å². The first-order valence-electron chi connectivity index (χ1n) is 24.5. The normalized spacial score (nSPS) is 36.1. The molecule has 12 nitrogen and oxygen atoms in total. The number of fused-ring (bicyclic) bond motifs is 6. The van der Waals surface area contributed by atoms with E-state index in [1.54, 1.807) is 25.8 Å². The Morgan fingerprint density at radius 2 is 1.73 bits per heavy atom. The van der Waals surface area contributed by atoms with Gasteiger partial charge in [-0.1, -0.05) is 89.3 Å². The zero-order valence-electron chi connectivity index (χ0n) is 39.4. The minimum absolute atomic E-state index is 0.00895. The van der Waals surface area contributed by atoms with Crippen molar-refractivity contribution in [1.82, 2.24) is 10.4 Å². The fraction of sp³-hybridized carbons (Fsp3) is 0.784. The minimum Gasteiger partial charge on any atom is -0.460 e. The Bertz CT molecular complexity index is 1860. The number of rotatable bonds is 17. The van der Waals surface area contributed by atoms with Gasteiger partial charge in [0.25, 0.3) is 0 Å². The molecule has 11 unspecified atom stereocenters. The fourth-order valence-electron chi connectivity index (χ4n) is 12.3. The van der Waals surface area contributed by atoms with Crippen LogP contribution in [0, 0.1) is 22.7 Å². The Morgan fingerprint density at radius 1 is 1.00 bits per heavy atom. The third-order valence-electron chi connectivity index (χ3n) is 15.7. The Labute approximate surface area is 375 Å². The highest BCUT2D eigenvalue weighted by molar-refractivity contribution is 5.93. The molecule has 1 aromatic rings. The Balaban J connectivity index is 1.08. The number of carbonyl (C=O) groups is 3. The molecule has 4 heterocycles. The molecule has 1 amide bonds. The van der Waals surface area contributed by atoms with Crippen LogP contribution in [0.4, 0.5) is 0 Å². The predicted octanol–water partition coefficient (Wildman–Crippen LogP) is 8.50. The van der Waals surface area contributed by atoms with Crippen molar-refractivity contribution >= 4 is 23.9 Å². The van der Waals surface area contributed by atoms with Crippen LogP contribution in [0.15, 0.2) is 29.8 Å². The number of ether oxygens (including phenoxy) is 5. The maximum absolute atomic E-state index is 15.1. The average molecular weight is 877 g/mol. The fourth-order valence-corrected chi connectivity index (χ4v) is 12.3. The predicted molar refractivity (Wildman–Crippen MR) is 238 cm³/mol. The van der Waals surface area contributed by atoms with E-state index in [0.29, 0.717) is 36.2 Å². The van der Waals surface area contributed by atoms with E-state index >= 15 is 4.79 Å². The van der Waals surface area contributed by atoms with Crippen molar-refractivity contribution in [2.45, 2.75) is 224 Å². The van der Waals surface area contributed by atoms with Crippen molar-refractivity contribution < 1.29 is 48.0 Å². The zero-order chi connectivity index (χ0) is 45.0. The molecule has 2 bridgehead atoms. The van der Waals surface area contributed by atoms with Crippen molar-refractivity contribution in [2.75, 3.05) is 6.61 Å². The molecular weight excluding hydrogens is 801 g/mol. The van der Waals surface area contributed by atoms with E-state index in [9.17, 15) is 14.7 Å². The molecule has 63 heavy (non-hydrogen) atoms. The van der Waals surface area contributed by atoms with Gasteiger partial charge in [0.15, 0.2) is 11.8 Å². The lowest BCUT2D eigenvalue weighted by Gasteiger charge is -2.53. The standard InChI is InChI=1S/C51H76N2O10/c1-9-11-13-23-50(24-14-12-10-2)61-41-38-29-51(46(57)52-35(31-54)19-21-40(55)60-47(3,4)5)43(45(56)58-38)53(63-44(51)42(41)62-50)30-33-17-15-16-32(26-33)27-34-18-20-39-49(8,59-39)25-22-37-36(34)28-48(37,6)7/h15-17,26-27,35-39,41-44,54H,9-14,18-25,28-31H2,1-8H3,(H,52,57). The van der Waals surface area contributed by atoms with Crippen LogP contribution >= 0.6 is 0 Å². The molecule has 1 aromatic carbocycles. The summed E-state index contributed by atoms with van der Waals surface area (Å²) in [6.45, 7) is 16.7. The number of hydrogen-bond acceptors (Lipinski definition) is 11. The van der Waals surface area contributed by atoms with Crippen molar-refractivity contribution in [3.63, 3.8) is 0 Å². The summed E-state index contributed by atoms with van der Waals surface area (Å²) < 4.78 is 32.1. The minimum atomic E-state index is -1.41.